The molecule has 0 fully saturated rings. The Hall–Kier alpha value is 4.04. The summed E-state index contributed by atoms with van der Waals surface area (Å²) < 4.78 is 0. The van der Waals surface area contributed by atoms with E-state index in [0.29, 0.717) is 0 Å². The first kappa shape index (κ1) is 24.4. The molecule has 4 heavy (non-hydrogen) atoms. The molecule has 0 aromatic carbocycles. The molecule has 0 bridgehead atoms. The summed E-state index contributed by atoms with van der Waals surface area (Å²) in [4.78, 5) is 0. The SMILES string of the molecule is [CaH2].[Fe].[KH].[Zn]. The Labute approximate surface area is 122 Å². The fourth-order valence-electron chi connectivity index (χ4n) is 0. The van der Waals surface area contributed by atoms with Gasteiger partial charge in [-0.2, -0.15) is 0 Å². The van der Waals surface area contributed by atoms with Gasteiger partial charge in [0.2, 0.25) is 0 Å². The normalized spacial score (nSPS) is 0. The molecule has 0 amide bonds. The van der Waals surface area contributed by atoms with E-state index in [1.807, 2.05) is 0 Å². The maximum atomic E-state index is 0. The third kappa shape index (κ3) is 9.40. The van der Waals surface area contributed by atoms with Gasteiger partial charge in [-0.25, -0.2) is 0 Å². The van der Waals surface area contributed by atoms with Crippen LogP contribution in [0, 0.1) is 0 Å². The van der Waals surface area contributed by atoms with Gasteiger partial charge in [0.25, 0.3) is 0 Å². The van der Waals surface area contributed by atoms with E-state index < -0.39 is 0 Å². The van der Waals surface area contributed by atoms with Crippen molar-refractivity contribution >= 4 is 89.1 Å². The number of hydrogen-bond donors (Lipinski definition) is 0. The molecular formula is H3CaFeKZn. The van der Waals surface area contributed by atoms with Gasteiger partial charge in [0, 0.05) is 36.5 Å². The quantitative estimate of drug-likeness (QED) is 0.418. The summed E-state index contributed by atoms with van der Waals surface area (Å²) in [6, 6.07) is 0. The first-order valence-corrected chi connectivity index (χ1v) is 0. The molecule has 0 aliphatic heterocycles. The fraction of sp³-hybridized carbons (Fsp3) is 0. The fourth-order valence-corrected chi connectivity index (χ4v) is 0. The van der Waals surface area contributed by atoms with E-state index in [2.05, 4.69) is 0 Å². The molecule has 0 heterocycles. The van der Waals surface area contributed by atoms with E-state index in [-0.39, 0.29) is 126 Å². The van der Waals surface area contributed by atoms with Crippen molar-refractivity contribution < 1.29 is 36.5 Å². The molecular weight excluding hydrogens is 200 g/mol. The van der Waals surface area contributed by atoms with Crippen molar-refractivity contribution in [2.24, 2.45) is 0 Å². The van der Waals surface area contributed by atoms with Crippen molar-refractivity contribution in [1.82, 2.24) is 0 Å². The molecule has 0 N–H and O–H groups in total. The Bertz CT molecular complexity index is 8.00. The van der Waals surface area contributed by atoms with Crippen LogP contribution in [0.5, 0.6) is 0 Å². The Morgan fingerprint density at radius 2 is 1.00 bits per heavy atom. The monoisotopic (exact) mass is 202 g/mol. The minimum Gasteiger partial charge on any atom is 0 e. The second-order valence-electron chi connectivity index (χ2n) is 0. The van der Waals surface area contributed by atoms with E-state index >= 15 is 0 Å². The van der Waals surface area contributed by atoms with Crippen molar-refractivity contribution in [1.29, 1.82) is 0 Å². The van der Waals surface area contributed by atoms with Gasteiger partial charge in [0.1, 0.15) is 0 Å². The summed E-state index contributed by atoms with van der Waals surface area (Å²) >= 11 is 0. The van der Waals surface area contributed by atoms with Gasteiger partial charge < -0.3 is 0 Å². The van der Waals surface area contributed by atoms with Gasteiger partial charge in [0.15, 0.2) is 0 Å². The van der Waals surface area contributed by atoms with Crippen LogP contribution in [0.1, 0.15) is 0 Å². The third-order valence-corrected chi connectivity index (χ3v) is 0. The molecule has 4 heteroatoms. The molecule has 0 saturated heterocycles. The minimum absolute atomic E-state index is 0. The van der Waals surface area contributed by atoms with Gasteiger partial charge >= 0.3 is 89.1 Å². The van der Waals surface area contributed by atoms with Gasteiger partial charge in [-0.05, 0) is 0 Å². The molecule has 0 aromatic heterocycles. The predicted octanol–water partition coefficient (Wildman–Crippen LogP) is -1.57. The summed E-state index contributed by atoms with van der Waals surface area (Å²) in [6.07, 6.45) is 0. The van der Waals surface area contributed by atoms with E-state index in [9.17, 15) is 0 Å². The molecule has 0 nitrogen and oxygen atoms in total. The summed E-state index contributed by atoms with van der Waals surface area (Å²) in [5.41, 5.74) is 0. The number of rotatable bonds is 0. The van der Waals surface area contributed by atoms with Crippen LogP contribution in [-0.4, -0.2) is 89.1 Å². The smallest absolute Gasteiger partial charge is 0 e. The zero-order valence-corrected chi connectivity index (χ0v) is 5.13. The van der Waals surface area contributed by atoms with Crippen molar-refractivity contribution in [3.63, 3.8) is 0 Å². The Morgan fingerprint density at radius 1 is 1.00 bits per heavy atom. The van der Waals surface area contributed by atoms with E-state index in [1.54, 1.807) is 0 Å². The summed E-state index contributed by atoms with van der Waals surface area (Å²) in [5, 5.41) is 0. The molecule has 0 radical (unpaired) electrons. The van der Waals surface area contributed by atoms with Crippen LogP contribution in [0.15, 0.2) is 0 Å². The van der Waals surface area contributed by atoms with Crippen LogP contribution >= 0.6 is 0 Å². The molecule has 0 saturated carbocycles. The van der Waals surface area contributed by atoms with Gasteiger partial charge in [-0.1, -0.05) is 0 Å². The standard InChI is InChI=1S/Ca.Fe.K.Zn.3H. The Morgan fingerprint density at radius 3 is 1.00 bits per heavy atom. The Balaban J connectivity index is 0. The van der Waals surface area contributed by atoms with E-state index in [4.69, 9.17) is 0 Å². The van der Waals surface area contributed by atoms with Crippen LogP contribution < -0.4 is 0 Å². The molecule has 0 aliphatic carbocycles. The Kier molecular flexibility index (Phi) is 96.1. The molecule has 0 aliphatic rings. The molecule has 0 aromatic rings. The van der Waals surface area contributed by atoms with Crippen LogP contribution in [-0.2, 0) is 36.5 Å². The summed E-state index contributed by atoms with van der Waals surface area (Å²) in [7, 11) is 0. The van der Waals surface area contributed by atoms with E-state index in [1.165, 1.54) is 0 Å². The number of hydrogen-bond acceptors (Lipinski definition) is 0. The first-order valence-electron chi connectivity index (χ1n) is 0. The van der Waals surface area contributed by atoms with Gasteiger partial charge in [-0.3, -0.25) is 0 Å². The van der Waals surface area contributed by atoms with Crippen LogP contribution in [0.25, 0.3) is 0 Å². The summed E-state index contributed by atoms with van der Waals surface area (Å²) in [6.45, 7) is 0. The average molecular weight is 203 g/mol. The van der Waals surface area contributed by atoms with Crippen LogP contribution in [0.4, 0.5) is 0 Å². The zero-order valence-electron chi connectivity index (χ0n) is 1.06. The summed E-state index contributed by atoms with van der Waals surface area (Å²) in [5.74, 6) is 0. The minimum atomic E-state index is 0. The molecule has 0 rings (SSSR count). The predicted molar refractivity (Wildman–Crippen MR) is 15.7 cm³/mol. The second kappa shape index (κ2) is 15.7. The van der Waals surface area contributed by atoms with Crippen molar-refractivity contribution in [2.45, 2.75) is 0 Å². The molecule has 0 unspecified atom stereocenters. The van der Waals surface area contributed by atoms with Gasteiger partial charge in [0.05, 0.1) is 0 Å². The van der Waals surface area contributed by atoms with Crippen LogP contribution in [0.2, 0.25) is 0 Å². The largest absolute Gasteiger partial charge is 0 e. The van der Waals surface area contributed by atoms with Gasteiger partial charge in [-0.15, -0.1) is 0 Å². The topological polar surface area (TPSA) is 0 Å². The maximum Gasteiger partial charge on any atom is 0 e. The molecule has 0 atom stereocenters. The van der Waals surface area contributed by atoms with Crippen LogP contribution in [0.3, 0.4) is 0 Å². The third-order valence-electron chi connectivity index (χ3n) is 0. The average Bonchev–Trinajstić information content (AvgIpc) is 0. The molecule has 16 valence electrons. The second-order valence-corrected chi connectivity index (χ2v) is 0. The van der Waals surface area contributed by atoms with Crippen molar-refractivity contribution in [3.8, 4) is 0 Å². The zero-order chi connectivity index (χ0) is 0. The maximum absolute atomic E-state index is 0. The first-order chi connectivity index (χ1) is 0. The van der Waals surface area contributed by atoms with E-state index in [0.717, 1.165) is 0 Å². The molecule has 0 spiro atoms. The van der Waals surface area contributed by atoms with Crippen molar-refractivity contribution in [3.05, 3.63) is 0 Å². The van der Waals surface area contributed by atoms with Crippen molar-refractivity contribution in [2.75, 3.05) is 0 Å².